The summed E-state index contributed by atoms with van der Waals surface area (Å²) in [6.45, 7) is 9.82. The zero-order valence-electron chi connectivity index (χ0n) is 12.9. The molecule has 2 aliphatic rings. The molecule has 0 aromatic rings. The first-order valence-corrected chi connectivity index (χ1v) is 8.36. The van der Waals surface area contributed by atoms with E-state index in [4.69, 9.17) is 4.74 Å². The molecule has 19 heavy (non-hydrogen) atoms. The van der Waals surface area contributed by atoms with E-state index >= 15 is 0 Å². The zero-order valence-corrected chi connectivity index (χ0v) is 12.9. The van der Waals surface area contributed by atoms with Gasteiger partial charge in [0.15, 0.2) is 0 Å². The molecule has 0 aromatic heterocycles. The Bertz CT molecular complexity index is 251. The van der Waals surface area contributed by atoms with Crippen LogP contribution in [0.2, 0.25) is 0 Å². The highest BCUT2D eigenvalue weighted by molar-refractivity contribution is 4.99. The van der Waals surface area contributed by atoms with Gasteiger partial charge in [-0.3, -0.25) is 4.90 Å². The minimum absolute atomic E-state index is 0.425. The molecule has 1 atom stereocenters. The summed E-state index contributed by atoms with van der Waals surface area (Å²) in [5.74, 6) is 0. The van der Waals surface area contributed by atoms with Crippen LogP contribution >= 0.6 is 0 Å². The van der Waals surface area contributed by atoms with E-state index in [9.17, 15) is 0 Å². The fourth-order valence-electron chi connectivity index (χ4n) is 3.69. The summed E-state index contributed by atoms with van der Waals surface area (Å²) in [5.41, 5.74) is 0.425. The average Bonchev–Trinajstić information content (AvgIpc) is 2.45. The zero-order chi connectivity index (χ0) is 13.6. The second-order valence-corrected chi connectivity index (χ2v) is 6.37. The smallest absolute Gasteiger partial charge is 0.0593 e. The van der Waals surface area contributed by atoms with Gasteiger partial charge in [-0.05, 0) is 25.7 Å². The quantitative estimate of drug-likeness (QED) is 0.750. The van der Waals surface area contributed by atoms with Gasteiger partial charge in [0, 0.05) is 37.8 Å². The summed E-state index contributed by atoms with van der Waals surface area (Å²) in [7, 11) is 0. The molecule has 1 saturated heterocycles. The van der Waals surface area contributed by atoms with Crippen LogP contribution < -0.4 is 5.32 Å². The summed E-state index contributed by atoms with van der Waals surface area (Å²) < 4.78 is 5.69. The molecule has 1 unspecified atom stereocenters. The molecule has 1 saturated carbocycles. The van der Waals surface area contributed by atoms with Crippen molar-refractivity contribution in [2.75, 3.05) is 32.8 Å². The molecule has 1 spiro atoms. The van der Waals surface area contributed by atoms with Crippen molar-refractivity contribution in [1.82, 2.24) is 10.2 Å². The van der Waals surface area contributed by atoms with Crippen molar-refractivity contribution in [1.29, 1.82) is 0 Å². The molecule has 0 bridgehead atoms. The highest BCUT2D eigenvalue weighted by atomic mass is 16.5. The Morgan fingerprint density at radius 3 is 2.63 bits per heavy atom. The fourth-order valence-corrected chi connectivity index (χ4v) is 3.69. The second-order valence-electron chi connectivity index (χ2n) is 6.37. The van der Waals surface area contributed by atoms with Crippen LogP contribution in [0.15, 0.2) is 0 Å². The van der Waals surface area contributed by atoms with Gasteiger partial charge in [-0.1, -0.05) is 33.1 Å². The van der Waals surface area contributed by atoms with Crippen LogP contribution in [0.3, 0.4) is 0 Å². The van der Waals surface area contributed by atoms with Gasteiger partial charge in [-0.2, -0.15) is 0 Å². The Morgan fingerprint density at radius 1 is 1.16 bits per heavy atom. The molecule has 0 radical (unpaired) electrons. The Morgan fingerprint density at radius 2 is 1.95 bits per heavy atom. The maximum absolute atomic E-state index is 5.69. The lowest BCUT2D eigenvalue weighted by Gasteiger charge is -2.49. The SMILES string of the molecule is CCCOCCN1CC2(CCCCC2)NCC1CC. The summed E-state index contributed by atoms with van der Waals surface area (Å²) >= 11 is 0. The third kappa shape index (κ3) is 4.17. The van der Waals surface area contributed by atoms with Gasteiger partial charge in [-0.15, -0.1) is 0 Å². The van der Waals surface area contributed by atoms with Crippen molar-refractivity contribution in [3.8, 4) is 0 Å². The van der Waals surface area contributed by atoms with E-state index in [2.05, 4.69) is 24.1 Å². The van der Waals surface area contributed by atoms with E-state index in [1.54, 1.807) is 0 Å². The Hall–Kier alpha value is -0.120. The molecule has 0 aromatic carbocycles. The number of hydrogen-bond donors (Lipinski definition) is 1. The van der Waals surface area contributed by atoms with Crippen molar-refractivity contribution in [3.05, 3.63) is 0 Å². The van der Waals surface area contributed by atoms with Crippen LogP contribution in [0, 0.1) is 0 Å². The summed E-state index contributed by atoms with van der Waals surface area (Å²) in [6.07, 6.45) is 9.36. The topological polar surface area (TPSA) is 24.5 Å². The van der Waals surface area contributed by atoms with Gasteiger partial charge in [0.25, 0.3) is 0 Å². The number of hydrogen-bond acceptors (Lipinski definition) is 3. The molecule has 0 amide bonds. The molecule has 1 aliphatic carbocycles. The maximum Gasteiger partial charge on any atom is 0.0593 e. The maximum atomic E-state index is 5.69. The molecular formula is C16H32N2O. The largest absolute Gasteiger partial charge is 0.380 e. The van der Waals surface area contributed by atoms with Gasteiger partial charge >= 0.3 is 0 Å². The number of piperazine rings is 1. The molecule has 1 N–H and O–H groups in total. The monoisotopic (exact) mass is 268 g/mol. The predicted octanol–water partition coefficient (Wildman–Crippen LogP) is 2.80. The normalized spacial score (nSPS) is 27.8. The van der Waals surface area contributed by atoms with Crippen molar-refractivity contribution >= 4 is 0 Å². The van der Waals surface area contributed by atoms with Crippen LogP contribution in [0.4, 0.5) is 0 Å². The summed E-state index contributed by atoms with van der Waals surface area (Å²) in [6, 6.07) is 0.706. The Kier molecular flexibility index (Phi) is 6.11. The van der Waals surface area contributed by atoms with Crippen molar-refractivity contribution in [2.45, 2.75) is 70.4 Å². The Balaban J connectivity index is 1.85. The van der Waals surface area contributed by atoms with Gasteiger partial charge in [0.1, 0.15) is 0 Å². The van der Waals surface area contributed by atoms with E-state index in [1.165, 1.54) is 51.6 Å². The van der Waals surface area contributed by atoms with Gasteiger partial charge < -0.3 is 10.1 Å². The third-order valence-corrected chi connectivity index (χ3v) is 4.89. The van der Waals surface area contributed by atoms with Crippen molar-refractivity contribution in [3.63, 3.8) is 0 Å². The highest BCUT2D eigenvalue weighted by Crippen LogP contribution is 2.32. The molecule has 3 nitrogen and oxygen atoms in total. The van der Waals surface area contributed by atoms with Crippen LogP contribution in [-0.2, 0) is 4.74 Å². The van der Waals surface area contributed by atoms with E-state index < -0.39 is 0 Å². The second kappa shape index (κ2) is 7.61. The van der Waals surface area contributed by atoms with E-state index in [0.29, 0.717) is 11.6 Å². The first-order chi connectivity index (χ1) is 9.29. The minimum Gasteiger partial charge on any atom is -0.380 e. The fraction of sp³-hybridized carbons (Fsp3) is 1.00. The van der Waals surface area contributed by atoms with Crippen LogP contribution in [0.25, 0.3) is 0 Å². The number of rotatable bonds is 6. The van der Waals surface area contributed by atoms with E-state index in [1.807, 2.05) is 0 Å². The van der Waals surface area contributed by atoms with Gasteiger partial charge in [0.05, 0.1) is 6.61 Å². The van der Waals surface area contributed by atoms with Crippen LogP contribution in [0.1, 0.15) is 58.8 Å². The summed E-state index contributed by atoms with van der Waals surface area (Å²) in [5, 5.41) is 3.88. The highest BCUT2D eigenvalue weighted by Gasteiger charge is 2.38. The van der Waals surface area contributed by atoms with Crippen LogP contribution in [0.5, 0.6) is 0 Å². The average molecular weight is 268 g/mol. The lowest BCUT2D eigenvalue weighted by Crippen LogP contribution is -2.65. The van der Waals surface area contributed by atoms with Crippen LogP contribution in [-0.4, -0.2) is 49.3 Å². The van der Waals surface area contributed by atoms with Crippen molar-refractivity contribution in [2.24, 2.45) is 0 Å². The third-order valence-electron chi connectivity index (χ3n) is 4.89. The van der Waals surface area contributed by atoms with Gasteiger partial charge in [-0.25, -0.2) is 0 Å². The van der Waals surface area contributed by atoms with E-state index in [-0.39, 0.29) is 0 Å². The van der Waals surface area contributed by atoms with Gasteiger partial charge in [0.2, 0.25) is 0 Å². The summed E-state index contributed by atoms with van der Waals surface area (Å²) in [4.78, 5) is 2.69. The first kappa shape index (κ1) is 15.3. The lowest BCUT2D eigenvalue weighted by molar-refractivity contribution is 0.0263. The lowest BCUT2D eigenvalue weighted by atomic mass is 9.79. The first-order valence-electron chi connectivity index (χ1n) is 8.36. The molecule has 1 heterocycles. The Labute approximate surface area is 119 Å². The number of ether oxygens (including phenoxy) is 1. The molecular weight excluding hydrogens is 236 g/mol. The number of nitrogens with zero attached hydrogens (tertiary/aromatic N) is 1. The molecule has 3 heteroatoms. The standard InChI is InChI=1S/C16H32N2O/c1-3-11-19-12-10-18-14-16(8-6-5-7-9-16)17-13-15(18)4-2/h15,17H,3-14H2,1-2H3. The molecule has 112 valence electrons. The van der Waals surface area contributed by atoms with E-state index in [0.717, 1.165) is 26.2 Å². The number of nitrogens with one attached hydrogen (secondary N) is 1. The molecule has 2 rings (SSSR count). The van der Waals surface area contributed by atoms with Crippen molar-refractivity contribution < 1.29 is 4.74 Å². The molecule has 2 fully saturated rings. The molecule has 1 aliphatic heterocycles. The minimum atomic E-state index is 0.425. The predicted molar refractivity (Wildman–Crippen MR) is 80.6 cm³/mol.